The van der Waals surface area contributed by atoms with Crippen molar-refractivity contribution in [1.29, 1.82) is 0 Å². The molecule has 0 unspecified atom stereocenters. The van der Waals surface area contributed by atoms with Crippen molar-refractivity contribution in [3.63, 3.8) is 0 Å². The van der Waals surface area contributed by atoms with E-state index < -0.39 is 0 Å². The van der Waals surface area contributed by atoms with Crippen molar-refractivity contribution in [2.45, 2.75) is 38.3 Å². The molecule has 0 aliphatic heterocycles. The monoisotopic (exact) mass is 495 g/mol. The van der Waals surface area contributed by atoms with E-state index >= 15 is 0 Å². The molecule has 0 atom stereocenters. The molecule has 1 N–H and O–H groups in total. The molecule has 2 aromatic heterocycles. The first-order valence-corrected chi connectivity index (χ1v) is 12.9. The van der Waals surface area contributed by atoms with Gasteiger partial charge in [-0.05, 0) is 80.1 Å². The van der Waals surface area contributed by atoms with Crippen molar-refractivity contribution in [2.24, 2.45) is 0 Å². The Morgan fingerprint density at radius 3 is 2.76 bits per heavy atom. The van der Waals surface area contributed by atoms with E-state index in [9.17, 15) is 9.59 Å². The Balaban J connectivity index is 1.51. The number of halogens is 1. The number of fused-ring (bicyclic) bond motifs is 3. The maximum Gasteiger partial charge on any atom is 0.267 e. The third-order valence-corrected chi connectivity index (χ3v) is 8.17. The highest BCUT2D eigenvalue weighted by molar-refractivity contribution is 7.99. The molecule has 5 nitrogen and oxygen atoms in total. The van der Waals surface area contributed by atoms with Gasteiger partial charge in [0.1, 0.15) is 4.83 Å². The number of amides is 1. The molecule has 1 amide bonds. The molecule has 0 saturated carbocycles. The van der Waals surface area contributed by atoms with Crippen molar-refractivity contribution >= 4 is 56.5 Å². The lowest BCUT2D eigenvalue weighted by molar-refractivity contribution is -0.113. The average molecular weight is 496 g/mol. The fraction of sp³-hybridized carbons (Fsp3) is 0.240. The van der Waals surface area contributed by atoms with Crippen LogP contribution in [0, 0.1) is 13.8 Å². The van der Waals surface area contributed by atoms with Crippen LogP contribution in [0.5, 0.6) is 0 Å². The summed E-state index contributed by atoms with van der Waals surface area (Å²) in [5.41, 5.74) is 4.63. The van der Waals surface area contributed by atoms with E-state index in [2.05, 4.69) is 5.32 Å². The van der Waals surface area contributed by atoms with E-state index in [-0.39, 0.29) is 17.2 Å². The van der Waals surface area contributed by atoms with Gasteiger partial charge in [0.25, 0.3) is 5.56 Å². The Kier molecular flexibility index (Phi) is 6.03. The van der Waals surface area contributed by atoms with Crippen molar-refractivity contribution < 1.29 is 4.79 Å². The zero-order valence-corrected chi connectivity index (χ0v) is 20.7. The fourth-order valence-electron chi connectivity index (χ4n) is 4.13. The van der Waals surface area contributed by atoms with Crippen molar-refractivity contribution in [3.05, 3.63) is 79.4 Å². The zero-order chi connectivity index (χ0) is 23.1. The number of carbonyl (C=O) groups is 1. The molecule has 0 fully saturated rings. The Morgan fingerprint density at radius 2 is 1.97 bits per heavy atom. The normalized spacial score (nSPS) is 12.8. The molecular weight excluding hydrogens is 474 g/mol. The lowest BCUT2D eigenvalue weighted by Crippen LogP contribution is -2.23. The fourth-order valence-corrected chi connectivity index (χ4v) is 6.37. The number of rotatable bonds is 5. The zero-order valence-electron chi connectivity index (χ0n) is 18.3. The second-order valence-corrected chi connectivity index (χ2v) is 10.7. The molecule has 8 heteroatoms. The number of nitrogens with zero attached hydrogens (tertiary/aromatic N) is 2. The smallest absolute Gasteiger partial charge is 0.267 e. The first kappa shape index (κ1) is 22.2. The highest BCUT2D eigenvalue weighted by Crippen LogP contribution is 2.36. The summed E-state index contributed by atoms with van der Waals surface area (Å²) in [4.78, 5) is 33.3. The summed E-state index contributed by atoms with van der Waals surface area (Å²) in [6.45, 7) is 3.96. The second kappa shape index (κ2) is 8.97. The van der Waals surface area contributed by atoms with E-state index in [0.29, 0.717) is 21.3 Å². The van der Waals surface area contributed by atoms with Gasteiger partial charge in [-0.2, -0.15) is 0 Å². The molecule has 33 heavy (non-hydrogen) atoms. The number of thioether (sulfide) groups is 1. The van der Waals surface area contributed by atoms with E-state index in [1.54, 1.807) is 28.0 Å². The number of aryl methyl sites for hydroxylation is 4. The van der Waals surface area contributed by atoms with Crippen LogP contribution >= 0.6 is 34.7 Å². The minimum Gasteiger partial charge on any atom is -0.325 e. The van der Waals surface area contributed by atoms with Crippen LogP contribution in [0.25, 0.3) is 15.9 Å². The van der Waals surface area contributed by atoms with E-state index in [1.165, 1.54) is 16.6 Å². The maximum absolute atomic E-state index is 13.7. The van der Waals surface area contributed by atoms with Gasteiger partial charge in [-0.1, -0.05) is 35.5 Å². The predicted octanol–water partition coefficient (Wildman–Crippen LogP) is 5.94. The highest BCUT2D eigenvalue weighted by atomic mass is 35.5. The number of nitrogens with one attached hydrogen (secondary N) is 1. The predicted molar refractivity (Wildman–Crippen MR) is 138 cm³/mol. The number of benzene rings is 2. The number of carbonyl (C=O) groups excluding carboxylic acids is 1. The molecule has 168 valence electrons. The van der Waals surface area contributed by atoms with Gasteiger partial charge in [-0.3, -0.25) is 14.2 Å². The number of thiophene rings is 1. The minimum atomic E-state index is -0.139. The molecule has 5 rings (SSSR count). The Hall–Kier alpha value is -2.61. The SMILES string of the molecule is Cc1ccc(C)c(NC(=O)CSc2nc3sc4c(c3c(=O)n2-c2ccc(Cl)cc2)CCC4)c1. The highest BCUT2D eigenvalue weighted by Gasteiger charge is 2.24. The molecule has 0 saturated heterocycles. The summed E-state index contributed by atoms with van der Waals surface area (Å²) in [6.07, 6.45) is 2.99. The lowest BCUT2D eigenvalue weighted by Gasteiger charge is -2.13. The Morgan fingerprint density at radius 1 is 1.18 bits per heavy atom. The van der Waals surface area contributed by atoms with Crippen LogP contribution in [0.2, 0.25) is 5.02 Å². The van der Waals surface area contributed by atoms with Gasteiger partial charge < -0.3 is 5.32 Å². The van der Waals surface area contributed by atoms with Crippen LogP contribution in [0.4, 0.5) is 5.69 Å². The quantitative estimate of drug-likeness (QED) is 0.275. The molecule has 2 aromatic carbocycles. The van der Waals surface area contributed by atoms with Crippen LogP contribution in [-0.4, -0.2) is 21.2 Å². The summed E-state index contributed by atoms with van der Waals surface area (Å²) in [5.74, 6) is 0.00340. The standard InChI is InChI=1S/C25H22ClN3O2S2/c1-14-6-7-15(2)19(12-14)27-21(30)13-32-25-28-23-22(18-4-3-5-20(18)33-23)24(31)29(25)17-10-8-16(26)9-11-17/h6-12H,3-5,13H2,1-2H3,(H,27,30). The molecular formula is C25H22ClN3O2S2. The molecule has 0 radical (unpaired) electrons. The van der Waals surface area contributed by atoms with E-state index in [4.69, 9.17) is 16.6 Å². The molecule has 0 bridgehead atoms. The van der Waals surface area contributed by atoms with Crippen molar-refractivity contribution in [2.75, 3.05) is 11.1 Å². The Bertz CT molecular complexity index is 1440. The number of anilines is 1. The summed E-state index contributed by atoms with van der Waals surface area (Å²) >= 11 is 8.95. The van der Waals surface area contributed by atoms with E-state index in [0.717, 1.165) is 46.5 Å². The van der Waals surface area contributed by atoms with Gasteiger partial charge in [0, 0.05) is 15.6 Å². The van der Waals surface area contributed by atoms with Crippen molar-refractivity contribution in [1.82, 2.24) is 9.55 Å². The first-order valence-electron chi connectivity index (χ1n) is 10.7. The third kappa shape index (κ3) is 4.33. The van der Waals surface area contributed by atoms with Gasteiger partial charge in [-0.25, -0.2) is 4.98 Å². The third-order valence-electron chi connectivity index (χ3n) is 5.79. The van der Waals surface area contributed by atoms with Crippen LogP contribution in [0.15, 0.2) is 52.4 Å². The Labute approximate surface area is 204 Å². The van der Waals surface area contributed by atoms with Gasteiger partial charge >= 0.3 is 0 Å². The summed E-state index contributed by atoms with van der Waals surface area (Å²) in [7, 11) is 0. The molecule has 4 aromatic rings. The number of aromatic nitrogens is 2. The topological polar surface area (TPSA) is 64.0 Å². The molecule has 1 aliphatic rings. The van der Waals surface area contributed by atoms with E-state index in [1.807, 2.05) is 44.2 Å². The lowest BCUT2D eigenvalue weighted by atomic mass is 10.1. The number of hydrogen-bond donors (Lipinski definition) is 1. The van der Waals surface area contributed by atoms with Crippen LogP contribution < -0.4 is 10.9 Å². The van der Waals surface area contributed by atoms with Crippen LogP contribution in [0.1, 0.15) is 28.0 Å². The van der Waals surface area contributed by atoms with Gasteiger partial charge in [0.05, 0.1) is 16.8 Å². The van der Waals surface area contributed by atoms with Crippen LogP contribution in [0.3, 0.4) is 0 Å². The maximum atomic E-state index is 13.7. The number of hydrogen-bond acceptors (Lipinski definition) is 5. The first-order chi connectivity index (χ1) is 15.9. The minimum absolute atomic E-state index is 0.0841. The largest absolute Gasteiger partial charge is 0.325 e. The van der Waals surface area contributed by atoms with Gasteiger partial charge in [0.15, 0.2) is 5.16 Å². The summed E-state index contributed by atoms with van der Waals surface area (Å²) < 4.78 is 1.61. The van der Waals surface area contributed by atoms with Gasteiger partial charge in [0.2, 0.25) is 5.91 Å². The van der Waals surface area contributed by atoms with Crippen LogP contribution in [-0.2, 0) is 17.6 Å². The molecule has 1 aliphatic carbocycles. The molecule has 0 spiro atoms. The second-order valence-electron chi connectivity index (χ2n) is 8.20. The van der Waals surface area contributed by atoms with Gasteiger partial charge in [-0.15, -0.1) is 11.3 Å². The average Bonchev–Trinajstić information content (AvgIpc) is 3.37. The summed E-state index contributed by atoms with van der Waals surface area (Å²) in [6, 6.07) is 13.1. The summed E-state index contributed by atoms with van der Waals surface area (Å²) in [5, 5.41) is 4.80. The van der Waals surface area contributed by atoms with Crippen molar-refractivity contribution in [3.8, 4) is 5.69 Å². The molecule has 2 heterocycles.